The third kappa shape index (κ3) is 6.82. The molecule has 0 radical (unpaired) electrons. The van der Waals surface area contributed by atoms with Crippen LogP contribution in [0.2, 0.25) is 5.02 Å². The zero-order valence-electron chi connectivity index (χ0n) is 16.1. The van der Waals surface area contributed by atoms with E-state index in [1.54, 1.807) is 0 Å². The van der Waals surface area contributed by atoms with Gasteiger partial charge in [-0.1, -0.05) is 41.9 Å². The molecule has 1 aliphatic rings. The summed E-state index contributed by atoms with van der Waals surface area (Å²) in [5, 5.41) is 0.733. The molecule has 1 saturated heterocycles. The van der Waals surface area contributed by atoms with Gasteiger partial charge in [-0.25, -0.2) is 0 Å². The van der Waals surface area contributed by atoms with E-state index >= 15 is 0 Å². The van der Waals surface area contributed by atoms with Gasteiger partial charge >= 0.3 is 0 Å². The summed E-state index contributed by atoms with van der Waals surface area (Å²) < 4.78 is 11.7. The zero-order chi connectivity index (χ0) is 18.9. The highest BCUT2D eigenvalue weighted by Crippen LogP contribution is 2.25. The van der Waals surface area contributed by atoms with Crippen LogP contribution in [0.5, 0.6) is 5.75 Å². The number of benzene rings is 2. The molecule has 1 fully saturated rings. The van der Waals surface area contributed by atoms with Gasteiger partial charge in [0.25, 0.3) is 0 Å². The van der Waals surface area contributed by atoms with Crippen molar-refractivity contribution in [3.63, 3.8) is 0 Å². The number of rotatable bonds is 9. The molecule has 1 aliphatic heterocycles. The predicted octanol–water partition coefficient (Wildman–Crippen LogP) is 3.57. The van der Waals surface area contributed by atoms with Crippen molar-refractivity contribution in [3.8, 4) is 5.75 Å². The first-order valence-corrected chi connectivity index (χ1v) is 10.0. The Morgan fingerprint density at radius 1 is 0.926 bits per heavy atom. The first-order valence-electron chi connectivity index (χ1n) is 9.64. The van der Waals surface area contributed by atoms with E-state index in [0.29, 0.717) is 13.2 Å². The molecular formula is C22H29ClN2O2. The van der Waals surface area contributed by atoms with Crippen LogP contribution >= 0.6 is 11.6 Å². The molecule has 0 aromatic heterocycles. The second-order valence-corrected chi connectivity index (χ2v) is 7.46. The Hall–Kier alpha value is -1.59. The smallest absolute Gasteiger partial charge is 0.123 e. The fourth-order valence-electron chi connectivity index (χ4n) is 3.22. The van der Waals surface area contributed by atoms with Crippen LogP contribution in [0.1, 0.15) is 11.1 Å². The molecule has 1 heterocycles. The van der Waals surface area contributed by atoms with Crippen LogP contribution in [-0.2, 0) is 11.2 Å². The number of hydrogen-bond acceptors (Lipinski definition) is 4. The molecule has 3 rings (SSSR count). The van der Waals surface area contributed by atoms with Crippen molar-refractivity contribution in [2.75, 3.05) is 59.6 Å². The molecule has 2 aromatic rings. The fourth-order valence-corrected chi connectivity index (χ4v) is 3.42. The lowest BCUT2D eigenvalue weighted by Gasteiger charge is -2.32. The molecule has 27 heavy (non-hydrogen) atoms. The Morgan fingerprint density at radius 3 is 2.48 bits per heavy atom. The second-order valence-electron chi connectivity index (χ2n) is 7.02. The lowest BCUT2D eigenvalue weighted by atomic mass is 10.0. The lowest BCUT2D eigenvalue weighted by Crippen LogP contribution is -2.45. The van der Waals surface area contributed by atoms with Crippen LogP contribution in [0.3, 0.4) is 0 Å². The monoisotopic (exact) mass is 388 g/mol. The third-order valence-electron chi connectivity index (χ3n) is 4.89. The maximum Gasteiger partial charge on any atom is 0.123 e. The average molecular weight is 389 g/mol. The van der Waals surface area contributed by atoms with Crippen molar-refractivity contribution in [2.45, 2.75) is 6.42 Å². The minimum atomic E-state index is 0.548. The van der Waals surface area contributed by atoms with Gasteiger partial charge in [0.1, 0.15) is 12.4 Å². The molecule has 0 saturated carbocycles. The van der Waals surface area contributed by atoms with E-state index in [-0.39, 0.29) is 0 Å². The van der Waals surface area contributed by atoms with E-state index in [1.807, 2.05) is 24.3 Å². The number of halogens is 1. The maximum absolute atomic E-state index is 6.18. The number of likely N-dealkylation sites (N-methyl/N-ethyl adjacent to an activating group) is 1. The van der Waals surface area contributed by atoms with Gasteiger partial charge in [0.2, 0.25) is 0 Å². The SMILES string of the molecule is CN1CCN(CCOCCOc2ccc(Cl)cc2Cc2ccccc2)CC1. The van der Waals surface area contributed by atoms with E-state index < -0.39 is 0 Å². The Labute approximate surface area is 167 Å². The summed E-state index contributed by atoms with van der Waals surface area (Å²) in [6, 6.07) is 16.2. The molecule has 0 unspecified atom stereocenters. The molecule has 4 nitrogen and oxygen atoms in total. The largest absolute Gasteiger partial charge is 0.491 e. The van der Waals surface area contributed by atoms with Crippen LogP contribution in [-0.4, -0.2) is 69.4 Å². The Kier molecular flexibility index (Phi) is 7.96. The third-order valence-corrected chi connectivity index (χ3v) is 5.13. The van der Waals surface area contributed by atoms with Crippen molar-refractivity contribution in [2.24, 2.45) is 0 Å². The number of nitrogens with zero attached hydrogens (tertiary/aromatic N) is 2. The van der Waals surface area contributed by atoms with Gasteiger partial charge in [-0.2, -0.15) is 0 Å². The molecular weight excluding hydrogens is 360 g/mol. The van der Waals surface area contributed by atoms with Gasteiger partial charge in [-0.05, 0) is 36.4 Å². The first-order chi connectivity index (χ1) is 13.2. The standard InChI is InChI=1S/C22H29ClN2O2/c1-24-9-11-25(12-10-24)13-14-26-15-16-27-22-8-7-21(23)18-20(22)17-19-5-3-2-4-6-19/h2-8,18H,9-17H2,1H3. The Bertz CT molecular complexity index is 688. The molecule has 0 aliphatic carbocycles. The van der Waals surface area contributed by atoms with Gasteiger partial charge in [0.05, 0.1) is 13.2 Å². The Balaban J connectivity index is 1.40. The van der Waals surface area contributed by atoms with Crippen molar-refractivity contribution < 1.29 is 9.47 Å². The van der Waals surface area contributed by atoms with Crippen molar-refractivity contribution in [3.05, 3.63) is 64.7 Å². The molecule has 0 bridgehead atoms. The molecule has 0 amide bonds. The van der Waals surface area contributed by atoms with E-state index in [9.17, 15) is 0 Å². The number of ether oxygens (including phenoxy) is 2. The molecule has 0 atom stereocenters. The first kappa shape index (κ1) is 20.2. The summed E-state index contributed by atoms with van der Waals surface area (Å²) >= 11 is 6.18. The maximum atomic E-state index is 6.18. The average Bonchev–Trinajstić information content (AvgIpc) is 2.68. The quantitative estimate of drug-likeness (QED) is 0.613. The Morgan fingerprint density at radius 2 is 1.70 bits per heavy atom. The normalized spacial score (nSPS) is 15.8. The van der Waals surface area contributed by atoms with Gasteiger partial charge in [-0.15, -0.1) is 0 Å². The van der Waals surface area contributed by atoms with Gasteiger partial charge in [0.15, 0.2) is 0 Å². The van der Waals surface area contributed by atoms with Gasteiger partial charge in [-0.3, -0.25) is 4.90 Å². The lowest BCUT2D eigenvalue weighted by molar-refractivity contribution is 0.0656. The molecule has 2 aromatic carbocycles. The van der Waals surface area contributed by atoms with E-state index in [4.69, 9.17) is 21.1 Å². The molecule has 146 valence electrons. The van der Waals surface area contributed by atoms with E-state index in [1.165, 1.54) is 5.56 Å². The fraction of sp³-hybridized carbons (Fsp3) is 0.455. The zero-order valence-corrected chi connectivity index (χ0v) is 16.8. The van der Waals surface area contributed by atoms with Crippen LogP contribution in [0.15, 0.2) is 48.5 Å². The van der Waals surface area contributed by atoms with Crippen molar-refractivity contribution >= 4 is 11.6 Å². The van der Waals surface area contributed by atoms with Crippen LogP contribution < -0.4 is 4.74 Å². The summed E-state index contributed by atoms with van der Waals surface area (Å²) in [6.45, 7) is 7.44. The summed E-state index contributed by atoms with van der Waals surface area (Å²) in [4.78, 5) is 4.82. The molecule has 5 heteroatoms. The van der Waals surface area contributed by atoms with Crippen LogP contribution in [0.4, 0.5) is 0 Å². The summed E-state index contributed by atoms with van der Waals surface area (Å²) in [7, 11) is 2.17. The van der Waals surface area contributed by atoms with Crippen LogP contribution in [0, 0.1) is 0 Å². The van der Waals surface area contributed by atoms with Crippen LogP contribution in [0.25, 0.3) is 0 Å². The predicted molar refractivity (Wildman–Crippen MR) is 111 cm³/mol. The summed E-state index contributed by atoms with van der Waals surface area (Å²) in [5.41, 5.74) is 2.35. The minimum absolute atomic E-state index is 0.548. The second kappa shape index (κ2) is 10.7. The van der Waals surface area contributed by atoms with Gasteiger partial charge < -0.3 is 14.4 Å². The summed E-state index contributed by atoms with van der Waals surface area (Å²) in [5.74, 6) is 0.880. The topological polar surface area (TPSA) is 24.9 Å². The van der Waals surface area contributed by atoms with E-state index in [2.05, 4.69) is 41.1 Å². The van der Waals surface area contributed by atoms with Gasteiger partial charge in [0, 0.05) is 44.2 Å². The highest BCUT2D eigenvalue weighted by molar-refractivity contribution is 6.30. The molecule has 0 N–H and O–H groups in total. The molecule has 0 spiro atoms. The number of piperazine rings is 1. The highest BCUT2D eigenvalue weighted by atomic mass is 35.5. The highest BCUT2D eigenvalue weighted by Gasteiger charge is 2.13. The van der Waals surface area contributed by atoms with Crippen molar-refractivity contribution in [1.82, 2.24) is 9.80 Å². The van der Waals surface area contributed by atoms with Crippen molar-refractivity contribution in [1.29, 1.82) is 0 Å². The summed E-state index contributed by atoms with van der Waals surface area (Å²) in [6.07, 6.45) is 0.807. The number of hydrogen-bond donors (Lipinski definition) is 0. The minimum Gasteiger partial charge on any atom is -0.491 e. The van der Waals surface area contributed by atoms with E-state index in [0.717, 1.165) is 62.1 Å².